The van der Waals surface area contributed by atoms with E-state index in [1.165, 1.54) is 77.9 Å². The molecular formula is C64H55N. The first-order valence-corrected chi connectivity index (χ1v) is 23.2. The highest BCUT2D eigenvalue weighted by Gasteiger charge is 2.50. The Balaban J connectivity index is 1.22. The van der Waals surface area contributed by atoms with Gasteiger partial charge in [-0.3, -0.25) is 0 Å². The molecule has 1 heteroatoms. The van der Waals surface area contributed by atoms with E-state index >= 15 is 0 Å². The molecule has 0 N–H and O–H groups in total. The minimum absolute atomic E-state index is 0.0375. The second-order valence-corrected chi connectivity index (χ2v) is 20.0. The lowest BCUT2D eigenvalue weighted by Gasteiger charge is -2.36. The van der Waals surface area contributed by atoms with E-state index in [4.69, 9.17) is 0 Å². The van der Waals surface area contributed by atoms with Crippen LogP contribution >= 0.6 is 0 Å². The van der Waals surface area contributed by atoms with Gasteiger partial charge in [-0.2, -0.15) is 0 Å². The normalized spacial score (nSPS) is 17.2. The van der Waals surface area contributed by atoms with Gasteiger partial charge >= 0.3 is 0 Å². The van der Waals surface area contributed by atoms with Crippen LogP contribution in [0.15, 0.2) is 224 Å². The predicted octanol–water partition coefficient (Wildman–Crippen LogP) is 16.5. The minimum atomic E-state index is -0.547. The van der Waals surface area contributed by atoms with Gasteiger partial charge in [0.2, 0.25) is 0 Å². The van der Waals surface area contributed by atoms with Crippen molar-refractivity contribution in [1.29, 1.82) is 0 Å². The SMILES string of the molecule is CC(C)(C)c1ccc(C2(c3ccccc3)c3ccccc3-c3c(N(c4ccccc4)c4cccc5c4-c4ccccc4C5(c4ccccc4)c4ccc(C(C)(C)C)cc4)cccc32)cc1. The molecule has 2 unspecified atom stereocenters. The van der Waals surface area contributed by atoms with E-state index in [1.54, 1.807) is 0 Å². The molecule has 0 amide bonds. The topological polar surface area (TPSA) is 3.24 Å². The van der Waals surface area contributed by atoms with Gasteiger partial charge in [0.05, 0.1) is 22.2 Å². The molecule has 0 aliphatic heterocycles. The highest BCUT2D eigenvalue weighted by molar-refractivity contribution is 6.02. The molecule has 0 saturated heterocycles. The highest BCUT2D eigenvalue weighted by atomic mass is 15.1. The van der Waals surface area contributed by atoms with Gasteiger partial charge in [-0.15, -0.1) is 0 Å². The number of para-hydroxylation sites is 1. The van der Waals surface area contributed by atoms with Gasteiger partial charge in [-0.25, -0.2) is 0 Å². The molecule has 9 aromatic rings. The van der Waals surface area contributed by atoms with Gasteiger partial charge in [-0.05, 0) is 102 Å². The molecule has 2 atom stereocenters. The molecule has 65 heavy (non-hydrogen) atoms. The van der Waals surface area contributed by atoms with Crippen LogP contribution in [-0.4, -0.2) is 0 Å². The smallest absolute Gasteiger partial charge is 0.0714 e. The third-order valence-corrected chi connectivity index (χ3v) is 14.4. The summed E-state index contributed by atoms with van der Waals surface area (Å²) < 4.78 is 0. The largest absolute Gasteiger partial charge is 0.309 e. The van der Waals surface area contributed by atoms with Crippen LogP contribution in [0.25, 0.3) is 22.3 Å². The zero-order chi connectivity index (χ0) is 44.6. The van der Waals surface area contributed by atoms with Crippen molar-refractivity contribution in [2.45, 2.75) is 63.2 Å². The summed E-state index contributed by atoms with van der Waals surface area (Å²) in [7, 11) is 0. The van der Waals surface area contributed by atoms with Crippen molar-refractivity contribution in [2.75, 3.05) is 4.90 Å². The zero-order valence-electron chi connectivity index (χ0n) is 38.3. The summed E-state index contributed by atoms with van der Waals surface area (Å²) in [6, 6.07) is 84.7. The van der Waals surface area contributed by atoms with Gasteiger partial charge in [0.15, 0.2) is 0 Å². The van der Waals surface area contributed by atoms with E-state index in [-0.39, 0.29) is 10.8 Å². The van der Waals surface area contributed by atoms with Crippen molar-refractivity contribution < 1.29 is 0 Å². The molecule has 2 aliphatic rings. The van der Waals surface area contributed by atoms with Gasteiger partial charge in [-0.1, -0.05) is 242 Å². The molecule has 0 bridgehead atoms. The molecule has 0 spiro atoms. The van der Waals surface area contributed by atoms with Crippen LogP contribution in [0.3, 0.4) is 0 Å². The van der Waals surface area contributed by atoms with Gasteiger partial charge in [0, 0.05) is 16.8 Å². The monoisotopic (exact) mass is 837 g/mol. The van der Waals surface area contributed by atoms with Crippen LogP contribution < -0.4 is 4.90 Å². The number of rotatable bonds is 7. The molecule has 1 nitrogen and oxygen atoms in total. The lowest BCUT2D eigenvalue weighted by atomic mass is 9.67. The average molecular weight is 838 g/mol. The molecule has 0 radical (unpaired) electrons. The summed E-state index contributed by atoms with van der Waals surface area (Å²) in [6.07, 6.45) is 0. The Hall–Kier alpha value is -7.22. The van der Waals surface area contributed by atoms with Crippen molar-refractivity contribution in [3.05, 3.63) is 280 Å². The average Bonchev–Trinajstić information content (AvgIpc) is 3.82. The fourth-order valence-electron chi connectivity index (χ4n) is 11.4. The Morgan fingerprint density at radius 2 is 0.615 bits per heavy atom. The number of nitrogens with zero attached hydrogens (tertiary/aromatic N) is 1. The van der Waals surface area contributed by atoms with E-state index in [9.17, 15) is 0 Å². The summed E-state index contributed by atoms with van der Waals surface area (Å²) in [6.45, 7) is 13.8. The van der Waals surface area contributed by atoms with Crippen LogP contribution in [0.2, 0.25) is 0 Å². The Kier molecular flexibility index (Phi) is 9.49. The van der Waals surface area contributed by atoms with Gasteiger partial charge < -0.3 is 4.90 Å². The van der Waals surface area contributed by atoms with E-state index in [2.05, 4.69) is 271 Å². The fourth-order valence-corrected chi connectivity index (χ4v) is 11.4. The number of anilines is 3. The number of fused-ring (bicyclic) bond motifs is 6. The van der Waals surface area contributed by atoms with E-state index in [0.717, 1.165) is 17.1 Å². The number of benzene rings is 9. The van der Waals surface area contributed by atoms with Crippen molar-refractivity contribution in [3.8, 4) is 22.3 Å². The van der Waals surface area contributed by atoms with Crippen LogP contribution in [0.4, 0.5) is 17.1 Å². The molecule has 0 saturated carbocycles. The number of hydrogen-bond donors (Lipinski definition) is 0. The molecule has 11 rings (SSSR count). The third kappa shape index (κ3) is 6.13. The van der Waals surface area contributed by atoms with Gasteiger partial charge in [0.1, 0.15) is 0 Å². The predicted molar refractivity (Wildman–Crippen MR) is 273 cm³/mol. The maximum Gasteiger partial charge on any atom is 0.0714 e. The minimum Gasteiger partial charge on any atom is -0.309 e. The molecule has 0 aromatic heterocycles. The van der Waals surface area contributed by atoms with E-state index in [1.807, 2.05) is 0 Å². The van der Waals surface area contributed by atoms with Crippen molar-refractivity contribution in [1.82, 2.24) is 0 Å². The number of hydrogen-bond acceptors (Lipinski definition) is 1. The highest BCUT2D eigenvalue weighted by Crippen LogP contribution is 2.63. The van der Waals surface area contributed by atoms with Crippen molar-refractivity contribution in [2.24, 2.45) is 0 Å². The quantitative estimate of drug-likeness (QED) is 0.155. The summed E-state index contributed by atoms with van der Waals surface area (Å²) in [5.74, 6) is 0. The Morgan fingerprint density at radius 3 is 1.00 bits per heavy atom. The van der Waals surface area contributed by atoms with Crippen LogP contribution in [0.5, 0.6) is 0 Å². The lowest BCUT2D eigenvalue weighted by molar-refractivity contribution is 0.589. The first kappa shape index (κ1) is 40.5. The maximum absolute atomic E-state index is 2.55. The fraction of sp³-hybridized carbons (Fsp3) is 0.156. The van der Waals surface area contributed by atoms with Crippen LogP contribution in [0, 0.1) is 0 Å². The van der Waals surface area contributed by atoms with Crippen molar-refractivity contribution >= 4 is 17.1 Å². The molecule has 9 aromatic carbocycles. The van der Waals surface area contributed by atoms with Crippen molar-refractivity contribution in [3.63, 3.8) is 0 Å². The first-order valence-electron chi connectivity index (χ1n) is 23.2. The summed E-state index contributed by atoms with van der Waals surface area (Å²) >= 11 is 0. The molecule has 316 valence electrons. The standard InChI is InChI=1S/C64H55N/c1-61(2,3)44-36-40-48(41-37-44)63(46-22-10-7-11-23-46)53-30-18-16-28-51(53)59-55(63)32-20-34-57(59)65(50-26-14-9-15-27-50)58-35-21-33-56-60(58)52-29-17-19-31-54(52)64(56,47-24-12-8-13-25-47)49-42-38-45(39-43-49)62(4,5)6/h7-43H,1-6H3. The Bertz CT molecular complexity index is 2990. The first-order chi connectivity index (χ1) is 31.5. The van der Waals surface area contributed by atoms with Crippen LogP contribution in [-0.2, 0) is 21.7 Å². The van der Waals surface area contributed by atoms with Gasteiger partial charge in [0.25, 0.3) is 0 Å². The molecular weight excluding hydrogens is 783 g/mol. The van der Waals surface area contributed by atoms with E-state index in [0.29, 0.717) is 0 Å². The lowest BCUT2D eigenvalue weighted by Crippen LogP contribution is -2.29. The Labute approximate surface area is 385 Å². The van der Waals surface area contributed by atoms with E-state index < -0.39 is 10.8 Å². The Morgan fingerprint density at radius 1 is 0.292 bits per heavy atom. The zero-order valence-corrected chi connectivity index (χ0v) is 38.3. The molecule has 2 aliphatic carbocycles. The summed E-state index contributed by atoms with van der Waals surface area (Å²) in [5, 5.41) is 0. The molecule has 0 heterocycles. The summed E-state index contributed by atoms with van der Waals surface area (Å²) in [5.41, 5.74) is 20.3. The second-order valence-electron chi connectivity index (χ2n) is 20.0. The van der Waals surface area contributed by atoms with Crippen LogP contribution in [0.1, 0.15) is 97.2 Å². The second kappa shape index (κ2) is 15.2. The maximum atomic E-state index is 2.55. The third-order valence-electron chi connectivity index (χ3n) is 14.4. The molecule has 0 fully saturated rings. The summed E-state index contributed by atoms with van der Waals surface area (Å²) in [4.78, 5) is 2.55.